The van der Waals surface area contributed by atoms with E-state index in [2.05, 4.69) is 15.9 Å². The van der Waals surface area contributed by atoms with E-state index in [4.69, 9.17) is 10.2 Å². The number of hydrogen-bond acceptors (Lipinski definition) is 3. The minimum absolute atomic E-state index is 0.0575. The first-order valence-corrected chi connectivity index (χ1v) is 6.34. The molecule has 0 aromatic heterocycles. The molecule has 0 atom stereocenters. The molecule has 1 aromatic carbocycles. The number of nitrogens with zero attached hydrogens (tertiary/aromatic N) is 1. The van der Waals surface area contributed by atoms with Crippen LogP contribution in [0.25, 0.3) is 0 Å². The molecule has 0 fully saturated rings. The quantitative estimate of drug-likeness (QED) is 0.807. The maximum atomic E-state index is 13.2. The van der Waals surface area contributed by atoms with Crippen molar-refractivity contribution in [3.05, 3.63) is 34.1 Å². The van der Waals surface area contributed by atoms with Crippen LogP contribution in [0.1, 0.15) is 12.0 Å². The van der Waals surface area contributed by atoms with E-state index in [0.717, 1.165) is 5.56 Å². The number of aliphatic hydroxyl groups excluding tert-OH is 2. The highest BCUT2D eigenvalue weighted by atomic mass is 79.9. The largest absolute Gasteiger partial charge is 0.396 e. The summed E-state index contributed by atoms with van der Waals surface area (Å²) in [6, 6.07) is 4.74. The average Bonchev–Trinajstić information content (AvgIpc) is 2.24. The molecule has 0 heterocycles. The third-order valence-corrected chi connectivity index (χ3v) is 2.84. The van der Waals surface area contributed by atoms with E-state index in [1.54, 1.807) is 0 Å². The molecule has 17 heavy (non-hydrogen) atoms. The van der Waals surface area contributed by atoms with Crippen molar-refractivity contribution in [3.8, 4) is 0 Å². The summed E-state index contributed by atoms with van der Waals surface area (Å²) in [5.41, 5.74) is 0.850. The Hall–Kier alpha value is -0.490. The second kappa shape index (κ2) is 7.76. The summed E-state index contributed by atoms with van der Waals surface area (Å²) >= 11 is 3.25. The lowest BCUT2D eigenvalue weighted by Crippen LogP contribution is -2.28. The highest BCUT2D eigenvalue weighted by molar-refractivity contribution is 9.10. The minimum atomic E-state index is -0.277. The van der Waals surface area contributed by atoms with E-state index >= 15 is 0 Å². The molecule has 0 bridgehead atoms. The van der Waals surface area contributed by atoms with Crippen LogP contribution < -0.4 is 0 Å². The van der Waals surface area contributed by atoms with Gasteiger partial charge in [-0.05, 0) is 30.2 Å². The minimum Gasteiger partial charge on any atom is -0.396 e. The fraction of sp³-hybridized carbons (Fsp3) is 0.500. The topological polar surface area (TPSA) is 43.7 Å². The van der Waals surface area contributed by atoms with Gasteiger partial charge in [-0.2, -0.15) is 0 Å². The van der Waals surface area contributed by atoms with Gasteiger partial charge in [-0.15, -0.1) is 0 Å². The van der Waals surface area contributed by atoms with Gasteiger partial charge in [0, 0.05) is 30.7 Å². The summed E-state index contributed by atoms with van der Waals surface area (Å²) in [4.78, 5) is 1.98. The van der Waals surface area contributed by atoms with Gasteiger partial charge < -0.3 is 10.2 Å². The molecule has 0 aliphatic heterocycles. The molecule has 96 valence electrons. The highest BCUT2D eigenvalue weighted by Crippen LogP contribution is 2.16. The number of aliphatic hydroxyl groups is 2. The van der Waals surface area contributed by atoms with E-state index < -0.39 is 0 Å². The molecule has 2 N–H and O–H groups in total. The summed E-state index contributed by atoms with van der Waals surface area (Å²) in [7, 11) is 0. The van der Waals surface area contributed by atoms with Crippen molar-refractivity contribution in [2.24, 2.45) is 0 Å². The Bertz CT molecular complexity index is 329. The van der Waals surface area contributed by atoms with Crippen LogP contribution in [0.5, 0.6) is 0 Å². The van der Waals surface area contributed by atoms with Crippen molar-refractivity contribution < 1.29 is 14.6 Å². The maximum absolute atomic E-state index is 13.2. The van der Waals surface area contributed by atoms with E-state index in [-0.39, 0.29) is 19.0 Å². The van der Waals surface area contributed by atoms with Crippen molar-refractivity contribution in [3.63, 3.8) is 0 Å². The van der Waals surface area contributed by atoms with Crippen LogP contribution in [0.3, 0.4) is 0 Å². The van der Waals surface area contributed by atoms with Gasteiger partial charge in [-0.3, -0.25) is 4.90 Å². The van der Waals surface area contributed by atoms with Gasteiger partial charge >= 0.3 is 0 Å². The molecule has 1 aromatic rings. The summed E-state index contributed by atoms with van der Waals surface area (Å²) in [6.07, 6.45) is 0.649. The van der Waals surface area contributed by atoms with E-state index in [1.165, 1.54) is 12.1 Å². The summed E-state index contributed by atoms with van der Waals surface area (Å²) in [5.74, 6) is -0.277. The Balaban J connectivity index is 2.63. The van der Waals surface area contributed by atoms with Gasteiger partial charge in [-0.25, -0.2) is 4.39 Å². The first-order chi connectivity index (χ1) is 8.15. The Morgan fingerprint density at radius 2 is 1.88 bits per heavy atom. The lowest BCUT2D eigenvalue weighted by atomic mass is 10.2. The predicted octanol–water partition coefficient (Wildman–Crippen LogP) is 1.76. The van der Waals surface area contributed by atoms with E-state index in [1.807, 2.05) is 11.0 Å². The third-order valence-electron chi connectivity index (χ3n) is 2.38. The van der Waals surface area contributed by atoms with Gasteiger partial charge in [0.05, 0.1) is 6.61 Å². The summed E-state index contributed by atoms with van der Waals surface area (Å²) in [6.45, 7) is 1.95. The van der Waals surface area contributed by atoms with Crippen LogP contribution in [-0.4, -0.2) is 41.4 Å². The lowest BCUT2D eigenvalue weighted by molar-refractivity contribution is 0.174. The smallest absolute Gasteiger partial charge is 0.124 e. The van der Waals surface area contributed by atoms with Gasteiger partial charge in [0.1, 0.15) is 5.82 Å². The zero-order valence-corrected chi connectivity index (χ0v) is 11.2. The van der Waals surface area contributed by atoms with Gasteiger partial charge in [-0.1, -0.05) is 15.9 Å². The summed E-state index contributed by atoms with van der Waals surface area (Å²) < 4.78 is 13.9. The Morgan fingerprint density at radius 1 is 1.12 bits per heavy atom. The SMILES string of the molecule is OCCCN(CCO)Cc1cc(F)cc(Br)c1. The average molecular weight is 306 g/mol. The number of benzene rings is 1. The van der Waals surface area contributed by atoms with Crippen molar-refractivity contribution in [2.75, 3.05) is 26.3 Å². The van der Waals surface area contributed by atoms with Crippen LogP contribution in [0.4, 0.5) is 4.39 Å². The molecular weight excluding hydrogens is 289 g/mol. The second-order valence-electron chi connectivity index (χ2n) is 3.85. The second-order valence-corrected chi connectivity index (χ2v) is 4.77. The molecule has 0 radical (unpaired) electrons. The van der Waals surface area contributed by atoms with Crippen molar-refractivity contribution in [1.82, 2.24) is 4.90 Å². The molecule has 0 saturated heterocycles. The molecule has 0 saturated carbocycles. The van der Waals surface area contributed by atoms with Crippen LogP contribution in [0.15, 0.2) is 22.7 Å². The molecule has 0 spiro atoms. The number of rotatable bonds is 7. The van der Waals surface area contributed by atoms with Gasteiger partial charge in [0.2, 0.25) is 0 Å². The van der Waals surface area contributed by atoms with Gasteiger partial charge in [0.15, 0.2) is 0 Å². The number of hydrogen-bond donors (Lipinski definition) is 2. The van der Waals surface area contributed by atoms with Crippen LogP contribution >= 0.6 is 15.9 Å². The molecule has 0 unspecified atom stereocenters. The van der Waals surface area contributed by atoms with E-state index in [9.17, 15) is 4.39 Å². The van der Waals surface area contributed by atoms with Crippen LogP contribution in [0, 0.1) is 5.82 Å². The molecule has 0 amide bonds. The standard InChI is InChI=1S/C12H17BrFNO2/c13-11-6-10(7-12(14)8-11)9-15(3-5-17)2-1-4-16/h6-8,16-17H,1-5,9H2. The van der Waals surface area contributed by atoms with Crippen molar-refractivity contribution in [2.45, 2.75) is 13.0 Å². The zero-order chi connectivity index (χ0) is 12.7. The maximum Gasteiger partial charge on any atom is 0.124 e. The highest BCUT2D eigenvalue weighted by Gasteiger charge is 2.06. The Labute approximate surface area is 109 Å². The molecule has 3 nitrogen and oxygen atoms in total. The lowest BCUT2D eigenvalue weighted by Gasteiger charge is -2.21. The first kappa shape index (κ1) is 14.6. The molecule has 0 aliphatic carbocycles. The third kappa shape index (κ3) is 5.59. The fourth-order valence-corrected chi connectivity index (χ4v) is 2.18. The predicted molar refractivity (Wildman–Crippen MR) is 68.2 cm³/mol. The van der Waals surface area contributed by atoms with Gasteiger partial charge in [0.25, 0.3) is 0 Å². The molecule has 5 heteroatoms. The van der Waals surface area contributed by atoms with Crippen LogP contribution in [0.2, 0.25) is 0 Å². The summed E-state index contributed by atoms with van der Waals surface area (Å²) in [5, 5.41) is 17.7. The molecular formula is C12H17BrFNO2. The first-order valence-electron chi connectivity index (χ1n) is 5.54. The van der Waals surface area contributed by atoms with Crippen LogP contribution in [-0.2, 0) is 6.54 Å². The monoisotopic (exact) mass is 305 g/mol. The fourth-order valence-electron chi connectivity index (χ4n) is 1.67. The zero-order valence-electron chi connectivity index (χ0n) is 9.57. The van der Waals surface area contributed by atoms with Crippen molar-refractivity contribution >= 4 is 15.9 Å². The van der Waals surface area contributed by atoms with Crippen molar-refractivity contribution in [1.29, 1.82) is 0 Å². The number of halogens is 2. The Morgan fingerprint density at radius 3 is 2.47 bits per heavy atom. The molecule has 1 rings (SSSR count). The Kier molecular flexibility index (Phi) is 6.65. The normalized spacial score (nSPS) is 11.1. The molecule has 0 aliphatic rings. The van der Waals surface area contributed by atoms with E-state index in [0.29, 0.717) is 30.5 Å².